The molecule has 0 amide bonds. The van der Waals surface area contributed by atoms with Crippen LogP contribution in [0.4, 0.5) is 0 Å². The van der Waals surface area contributed by atoms with Gasteiger partial charge in [0.25, 0.3) is 5.56 Å². The number of thiazole rings is 2. The molecule has 1 aromatic carbocycles. The van der Waals surface area contributed by atoms with Crippen LogP contribution in [-0.2, 0) is 16.4 Å². The standard InChI is InChI=1S/C18H13N5O3S3/c1-29(25,26)18-21-15-14(28-18)12-9-20-22(10-11-5-3-2-4-6-11)16(24)13(12)23(15)17-19-7-8-27-17/h2-9H,10H2,1H3. The van der Waals surface area contributed by atoms with Crippen LogP contribution in [0.25, 0.3) is 26.4 Å². The second kappa shape index (κ2) is 6.58. The van der Waals surface area contributed by atoms with Crippen LogP contribution in [0.5, 0.6) is 0 Å². The van der Waals surface area contributed by atoms with Crippen molar-refractivity contribution in [2.75, 3.05) is 6.26 Å². The molecule has 11 heteroatoms. The van der Waals surface area contributed by atoms with Crippen molar-refractivity contribution in [1.29, 1.82) is 0 Å². The SMILES string of the molecule is CS(=O)(=O)c1nc2c(s1)c1cnn(Cc3ccccc3)c(=O)c1n2-c1nccs1. The van der Waals surface area contributed by atoms with Crippen LogP contribution in [0.2, 0.25) is 0 Å². The third kappa shape index (κ3) is 2.98. The summed E-state index contributed by atoms with van der Waals surface area (Å²) in [5.41, 5.74) is 1.46. The molecule has 0 saturated heterocycles. The average molecular weight is 444 g/mol. The van der Waals surface area contributed by atoms with Crippen LogP contribution < -0.4 is 5.56 Å². The monoisotopic (exact) mass is 443 g/mol. The normalized spacial score (nSPS) is 12.2. The summed E-state index contributed by atoms with van der Waals surface area (Å²) in [5, 5.41) is 7.23. The molecular formula is C18H13N5O3S3. The van der Waals surface area contributed by atoms with Gasteiger partial charge in [-0.1, -0.05) is 30.3 Å². The van der Waals surface area contributed by atoms with Crippen LogP contribution in [0.1, 0.15) is 5.56 Å². The van der Waals surface area contributed by atoms with Gasteiger partial charge in [0.2, 0.25) is 14.2 Å². The zero-order valence-electron chi connectivity index (χ0n) is 15.0. The maximum absolute atomic E-state index is 13.3. The van der Waals surface area contributed by atoms with Crippen molar-refractivity contribution >= 4 is 53.8 Å². The van der Waals surface area contributed by atoms with Gasteiger partial charge in [-0.15, -0.1) is 22.7 Å². The molecule has 0 aliphatic rings. The highest BCUT2D eigenvalue weighted by molar-refractivity contribution is 7.92. The molecule has 29 heavy (non-hydrogen) atoms. The fourth-order valence-corrected chi connectivity index (χ4v) is 5.68. The molecule has 0 aliphatic carbocycles. The van der Waals surface area contributed by atoms with Crippen LogP contribution in [0.3, 0.4) is 0 Å². The van der Waals surface area contributed by atoms with E-state index in [-0.39, 0.29) is 9.90 Å². The first-order valence-electron chi connectivity index (χ1n) is 8.48. The molecule has 5 rings (SSSR count). The summed E-state index contributed by atoms with van der Waals surface area (Å²) >= 11 is 2.38. The highest BCUT2D eigenvalue weighted by Gasteiger charge is 2.24. The highest BCUT2D eigenvalue weighted by atomic mass is 32.2. The number of sulfone groups is 1. The summed E-state index contributed by atoms with van der Waals surface area (Å²) < 4.78 is 27.6. The van der Waals surface area contributed by atoms with E-state index in [2.05, 4.69) is 15.1 Å². The number of aromatic nitrogens is 5. The maximum atomic E-state index is 13.3. The van der Waals surface area contributed by atoms with Crippen molar-refractivity contribution < 1.29 is 8.42 Å². The van der Waals surface area contributed by atoms with Gasteiger partial charge in [0.1, 0.15) is 5.52 Å². The zero-order valence-corrected chi connectivity index (χ0v) is 17.5. The van der Waals surface area contributed by atoms with Gasteiger partial charge in [-0.25, -0.2) is 23.1 Å². The quantitative estimate of drug-likeness (QED) is 0.423. The van der Waals surface area contributed by atoms with Crippen molar-refractivity contribution in [3.63, 3.8) is 0 Å². The third-order valence-corrected chi connectivity index (χ3v) is 7.90. The highest BCUT2D eigenvalue weighted by Crippen LogP contribution is 2.35. The van der Waals surface area contributed by atoms with E-state index in [9.17, 15) is 13.2 Å². The van der Waals surface area contributed by atoms with Gasteiger partial charge in [-0.3, -0.25) is 9.36 Å². The van der Waals surface area contributed by atoms with Crippen molar-refractivity contribution in [2.24, 2.45) is 0 Å². The van der Waals surface area contributed by atoms with Crippen molar-refractivity contribution in [2.45, 2.75) is 10.9 Å². The fraction of sp³-hybridized carbons (Fsp3) is 0.111. The van der Waals surface area contributed by atoms with Gasteiger partial charge in [0.05, 0.1) is 17.4 Å². The van der Waals surface area contributed by atoms with E-state index in [1.165, 1.54) is 16.0 Å². The van der Waals surface area contributed by atoms with Gasteiger partial charge in [0, 0.05) is 23.2 Å². The van der Waals surface area contributed by atoms with Gasteiger partial charge in [-0.2, -0.15) is 5.10 Å². The molecule has 5 aromatic rings. The molecule has 0 saturated carbocycles. The number of hydrogen-bond acceptors (Lipinski definition) is 8. The fourth-order valence-electron chi connectivity index (χ4n) is 3.13. The molecule has 4 heterocycles. The van der Waals surface area contributed by atoms with E-state index in [0.717, 1.165) is 23.2 Å². The molecule has 0 aliphatic heterocycles. The first-order valence-corrected chi connectivity index (χ1v) is 12.1. The summed E-state index contributed by atoms with van der Waals surface area (Å²) in [5.74, 6) is 0. The van der Waals surface area contributed by atoms with E-state index < -0.39 is 9.84 Å². The second-order valence-corrected chi connectivity index (χ2v) is 10.5. The zero-order chi connectivity index (χ0) is 20.2. The maximum Gasteiger partial charge on any atom is 0.292 e. The minimum absolute atomic E-state index is 0.00294. The largest absolute Gasteiger partial charge is 0.292 e. The van der Waals surface area contributed by atoms with E-state index in [1.54, 1.807) is 22.3 Å². The predicted octanol–water partition coefficient (Wildman–Crippen LogP) is 2.71. The lowest BCUT2D eigenvalue weighted by Gasteiger charge is -2.06. The molecule has 8 nitrogen and oxygen atoms in total. The Hall–Kier alpha value is -2.89. The van der Waals surface area contributed by atoms with Crippen molar-refractivity contribution in [3.8, 4) is 5.13 Å². The van der Waals surface area contributed by atoms with Crippen LogP contribution in [0.15, 0.2) is 57.2 Å². The molecule has 0 unspecified atom stereocenters. The van der Waals surface area contributed by atoms with Crippen LogP contribution >= 0.6 is 22.7 Å². The minimum Gasteiger partial charge on any atom is -0.265 e. The smallest absolute Gasteiger partial charge is 0.265 e. The number of hydrogen-bond donors (Lipinski definition) is 0. The lowest BCUT2D eigenvalue weighted by Crippen LogP contribution is -2.24. The summed E-state index contributed by atoms with van der Waals surface area (Å²) in [6.07, 6.45) is 4.34. The summed E-state index contributed by atoms with van der Waals surface area (Å²) in [6.45, 7) is 0.328. The summed E-state index contributed by atoms with van der Waals surface area (Å²) in [4.78, 5) is 21.9. The molecular weight excluding hydrogens is 430 g/mol. The topological polar surface area (TPSA) is 99.7 Å². The van der Waals surface area contributed by atoms with Crippen molar-refractivity contribution in [1.82, 2.24) is 24.3 Å². The number of benzene rings is 1. The molecule has 0 spiro atoms. The molecule has 146 valence electrons. The van der Waals surface area contributed by atoms with Crippen LogP contribution in [-0.4, -0.2) is 39.0 Å². The Kier molecular flexibility index (Phi) is 4.12. The van der Waals surface area contributed by atoms with E-state index >= 15 is 0 Å². The van der Waals surface area contributed by atoms with Gasteiger partial charge >= 0.3 is 0 Å². The Labute approximate surface area is 172 Å². The van der Waals surface area contributed by atoms with Gasteiger partial charge < -0.3 is 0 Å². The Balaban J connectivity index is 1.82. The molecule has 0 bridgehead atoms. The Bertz CT molecular complexity index is 1510. The van der Waals surface area contributed by atoms with Gasteiger partial charge in [-0.05, 0) is 5.56 Å². The summed E-state index contributed by atoms with van der Waals surface area (Å²) in [6, 6.07) is 9.58. The van der Waals surface area contributed by atoms with E-state index in [0.29, 0.717) is 32.9 Å². The molecule has 0 atom stereocenters. The Morgan fingerprint density at radius 2 is 1.97 bits per heavy atom. The van der Waals surface area contributed by atoms with E-state index in [1.807, 2.05) is 30.3 Å². The number of fused-ring (bicyclic) bond motifs is 3. The predicted molar refractivity (Wildman–Crippen MR) is 113 cm³/mol. The number of rotatable bonds is 4. The molecule has 0 radical (unpaired) electrons. The number of nitrogens with zero attached hydrogens (tertiary/aromatic N) is 5. The van der Waals surface area contributed by atoms with Crippen molar-refractivity contribution in [3.05, 3.63) is 64.0 Å². The van der Waals surface area contributed by atoms with E-state index in [4.69, 9.17) is 0 Å². The Morgan fingerprint density at radius 3 is 2.66 bits per heavy atom. The third-order valence-electron chi connectivity index (χ3n) is 4.39. The second-order valence-electron chi connectivity index (χ2n) is 6.41. The molecule has 0 N–H and O–H groups in total. The average Bonchev–Trinajstić information content (AvgIpc) is 3.40. The van der Waals surface area contributed by atoms with Gasteiger partial charge in [0.15, 0.2) is 10.8 Å². The van der Waals surface area contributed by atoms with Crippen LogP contribution in [0, 0.1) is 0 Å². The first kappa shape index (κ1) is 18.2. The lowest BCUT2D eigenvalue weighted by molar-refractivity contribution is 0.601. The minimum atomic E-state index is -3.47. The summed E-state index contributed by atoms with van der Waals surface area (Å²) in [7, 11) is -3.47. The molecule has 0 fully saturated rings. The lowest BCUT2D eigenvalue weighted by atomic mass is 10.2. The Morgan fingerprint density at radius 1 is 1.17 bits per heavy atom. The first-order chi connectivity index (χ1) is 13.9. The molecule has 4 aromatic heterocycles.